The first-order chi connectivity index (χ1) is 9.60. The molecule has 0 bridgehead atoms. The molecule has 4 heteroatoms. The number of carbonyl (C=O) groups excluding carboxylic acids is 1. The Labute approximate surface area is 119 Å². The molecule has 1 aromatic carbocycles. The molecule has 1 amide bonds. The molecule has 0 spiro atoms. The third-order valence-electron chi connectivity index (χ3n) is 3.13. The van der Waals surface area contributed by atoms with E-state index in [1.807, 2.05) is 18.7 Å². The van der Waals surface area contributed by atoms with Crippen molar-refractivity contribution in [1.82, 2.24) is 4.90 Å². The zero-order chi connectivity index (χ0) is 14.5. The second-order valence-electron chi connectivity index (χ2n) is 4.98. The van der Waals surface area contributed by atoms with E-state index in [2.05, 4.69) is 5.92 Å². The minimum atomic E-state index is 0.0236. The van der Waals surface area contributed by atoms with E-state index in [9.17, 15) is 4.79 Å². The third-order valence-corrected chi connectivity index (χ3v) is 3.13. The van der Waals surface area contributed by atoms with Crippen LogP contribution in [0.2, 0.25) is 0 Å². The Hall–Kier alpha value is -1.99. The summed E-state index contributed by atoms with van der Waals surface area (Å²) in [5, 5.41) is 0. The van der Waals surface area contributed by atoms with Gasteiger partial charge in [-0.1, -0.05) is 5.92 Å². The summed E-state index contributed by atoms with van der Waals surface area (Å²) >= 11 is 0. The number of hydrogen-bond donors (Lipinski definition) is 0. The SMILES string of the molecule is C#CCOc1ccc(C(=O)N2C[C@@H](C)O[C@H](C)C2)cc1. The molecule has 106 valence electrons. The molecule has 0 aromatic heterocycles. The highest BCUT2D eigenvalue weighted by Gasteiger charge is 2.26. The number of rotatable bonds is 3. The Morgan fingerprint density at radius 1 is 1.35 bits per heavy atom. The zero-order valence-electron chi connectivity index (χ0n) is 11.8. The number of nitrogens with zero attached hydrogens (tertiary/aromatic N) is 1. The highest BCUT2D eigenvalue weighted by molar-refractivity contribution is 5.94. The van der Waals surface area contributed by atoms with Crippen LogP contribution in [0, 0.1) is 12.3 Å². The van der Waals surface area contributed by atoms with Crippen molar-refractivity contribution in [2.75, 3.05) is 19.7 Å². The van der Waals surface area contributed by atoms with Crippen LogP contribution in [0.15, 0.2) is 24.3 Å². The van der Waals surface area contributed by atoms with Crippen molar-refractivity contribution in [3.8, 4) is 18.1 Å². The number of morpholine rings is 1. The molecule has 0 saturated carbocycles. The Bertz CT molecular complexity index is 493. The van der Waals surface area contributed by atoms with Crippen LogP contribution in [0.25, 0.3) is 0 Å². The first kappa shape index (κ1) is 14.4. The largest absolute Gasteiger partial charge is 0.481 e. The molecule has 2 rings (SSSR count). The number of benzene rings is 1. The molecule has 1 saturated heterocycles. The quantitative estimate of drug-likeness (QED) is 0.790. The summed E-state index contributed by atoms with van der Waals surface area (Å²) in [6.07, 6.45) is 5.27. The van der Waals surface area contributed by atoms with Crippen molar-refractivity contribution in [3.05, 3.63) is 29.8 Å². The molecule has 2 atom stereocenters. The Morgan fingerprint density at radius 2 is 1.95 bits per heavy atom. The van der Waals surface area contributed by atoms with Crippen LogP contribution in [-0.2, 0) is 4.74 Å². The van der Waals surface area contributed by atoms with Crippen molar-refractivity contribution in [2.24, 2.45) is 0 Å². The summed E-state index contributed by atoms with van der Waals surface area (Å²) in [7, 11) is 0. The van der Waals surface area contributed by atoms with Gasteiger partial charge in [-0.2, -0.15) is 0 Å². The average Bonchev–Trinajstić information content (AvgIpc) is 2.44. The van der Waals surface area contributed by atoms with Gasteiger partial charge >= 0.3 is 0 Å². The lowest BCUT2D eigenvalue weighted by atomic mass is 10.1. The van der Waals surface area contributed by atoms with Crippen molar-refractivity contribution < 1.29 is 14.3 Å². The van der Waals surface area contributed by atoms with E-state index < -0.39 is 0 Å². The van der Waals surface area contributed by atoms with Crippen molar-refractivity contribution in [1.29, 1.82) is 0 Å². The van der Waals surface area contributed by atoms with Gasteiger partial charge in [-0.15, -0.1) is 6.42 Å². The van der Waals surface area contributed by atoms with E-state index in [4.69, 9.17) is 15.9 Å². The third kappa shape index (κ3) is 3.52. The van der Waals surface area contributed by atoms with Crippen LogP contribution < -0.4 is 4.74 Å². The van der Waals surface area contributed by atoms with Crippen LogP contribution in [0.1, 0.15) is 24.2 Å². The van der Waals surface area contributed by atoms with Crippen LogP contribution in [0.3, 0.4) is 0 Å². The van der Waals surface area contributed by atoms with Gasteiger partial charge in [0.15, 0.2) is 0 Å². The van der Waals surface area contributed by atoms with Gasteiger partial charge in [-0.25, -0.2) is 0 Å². The molecule has 0 radical (unpaired) electrons. The predicted molar refractivity (Wildman–Crippen MR) is 76.7 cm³/mol. The fourth-order valence-corrected chi connectivity index (χ4v) is 2.35. The molecule has 20 heavy (non-hydrogen) atoms. The van der Waals surface area contributed by atoms with E-state index in [0.717, 1.165) is 0 Å². The maximum atomic E-state index is 12.4. The Kier molecular flexibility index (Phi) is 4.65. The van der Waals surface area contributed by atoms with Gasteiger partial charge < -0.3 is 14.4 Å². The molecule has 1 aliphatic heterocycles. The van der Waals surface area contributed by atoms with Crippen LogP contribution in [0.4, 0.5) is 0 Å². The molecule has 0 aliphatic carbocycles. The van der Waals surface area contributed by atoms with Crippen LogP contribution in [0.5, 0.6) is 5.75 Å². The molecule has 1 fully saturated rings. The summed E-state index contributed by atoms with van der Waals surface area (Å²) in [5.41, 5.74) is 0.652. The average molecular weight is 273 g/mol. The highest BCUT2D eigenvalue weighted by atomic mass is 16.5. The number of hydrogen-bond acceptors (Lipinski definition) is 3. The predicted octanol–water partition coefficient (Wildman–Crippen LogP) is 1.95. The van der Waals surface area contributed by atoms with Crippen molar-refractivity contribution in [2.45, 2.75) is 26.1 Å². The van der Waals surface area contributed by atoms with E-state index in [-0.39, 0.29) is 24.7 Å². The van der Waals surface area contributed by atoms with Gasteiger partial charge in [0, 0.05) is 18.7 Å². The van der Waals surface area contributed by atoms with E-state index >= 15 is 0 Å². The molecular formula is C16H19NO3. The summed E-state index contributed by atoms with van der Waals surface area (Å²) in [5.74, 6) is 3.10. The summed E-state index contributed by atoms with van der Waals surface area (Å²) in [6, 6.07) is 7.05. The minimum Gasteiger partial charge on any atom is -0.481 e. The maximum absolute atomic E-state index is 12.4. The zero-order valence-corrected chi connectivity index (χ0v) is 11.8. The molecule has 0 N–H and O–H groups in total. The van der Waals surface area contributed by atoms with E-state index in [1.54, 1.807) is 24.3 Å². The molecule has 1 heterocycles. The molecule has 0 unspecified atom stereocenters. The summed E-state index contributed by atoms with van der Waals surface area (Å²) in [4.78, 5) is 14.2. The van der Waals surface area contributed by atoms with E-state index in [0.29, 0.717) is 24.4 Å². The van der Waals surface area contributed by atoms with Gasteiger partial charge in [0.2, 0.25) is 0 Å². The van der Waals surface area contributed by atoms with Crippen LogP contribution in [-0.4, -0.2) is 42.7 Å². The minimum absolute atomic E-state index is 0.0236. The second-order valence-corrected chi connectivity index (χ2v) is 4.98. The molecule has 4 nitrogen and oxygen atoms in total. The lowest BCUT2D eigenvalue weighted by Crippen LogP contribution is -2.48. The normalized spacial score (nSPS) is 22.1. The number of carbonyl (C=O) groups is 1. The molecular weight excluding hydrogens is 254 g/mol. The fraction of sp³-hybridized carbons (Fsp3) is 0.438. The maximum Gasteiger partial charge on any atom is 0.254 e. The van der Waals surface area contributed by atoms with Gasteiger partial charge in [0.25, 0.3) is 5.91 Å². The van der Waals surface area contributed by atoms with Gasteiger partial charge in [0.1, 0.15) is 12.4 Å². The standard InChI is InChI=1S/C16H19NO3/c1-4-9-19-15-7-5-14(6-8-15)16(18)17-10-12(2)20-13(3)11-17/h1,5-8,12-13H,9-11H2,2-3H3/t12-,13-/m1/s1. The van der Waals surface area contributed by atoms with Gasteiger partial charge in [-0.3, -0.25) is 4.79 Å². The summed E-state index contributed by atoms with van der Waals surface area (Å²) < 4.78 is 10.9. The number of terminal acetylenes is 1. The van der Waals surface area contributed by atoms with Crippen molar-refractivity contribution in [3.63, 3.8) is 0 Å². The molecule has 1 aliphatic rings. The summed E-state index contributed by atoms with van der Waals surface area (Å²) in [6.45, 7) is 5.43. The first-order valence-corrected chi connectivity index (χ1v) is 6.71. The van der Waals surface area contributed by atoms with Crippen LogP contribution >= 0.6 is 0 Å². The van der Waals surface area contributed by atoms with Gasteiger partial charge in [0.05, 0.1) is 12.2 Å². The molecule has 1 aromatic rings. The van der Waals surface area contributed by atoms with E-state index in [1.165, 1.54) is 0 Å². The number of ether oxygens (including phenoxy) is 2. The number of amides is 1. The Morgan fingerprint density at radius 3 is 2.50 bits per heavy atom. The fourth-order valence-electron chi connectivity index (χ4n) is 2.35. The highest BCUT2D eigenvalue weighted by Crippen LogP contribution is 2.17. The monoisotopic (exact) mass is 273 g/mol. The Balaban J connectivity index is 2.03. The topological polar surface area (TPSA) is 38.8 Å². The van der Waals surface area contributed by atoms with Gasteiger partial charge in [-0.05, 0) is 38.1 Å². The second kappa shape index (κ2) is 6.44. The lowest BCUT2D eigenvalue weighted by molar-refractivity contribution is -0.0586. The lowest BCUT2D eigenvalue weighted by Gasteiger charge is -2.35. The first-order valence-electron chi connectivity index (χ1n) is 6.71. The van der Waals surface area contributed by atoms with Crippen molar-refractivity contribution >= 4 is 5.91 Å². The smallest absolute Gasteiger partial charge is 0.254 e.